The Morgan fingerprint density at radius 1 is 1.00 bits per heavy atom. The van der Waals surface area contributed by atoms with Crippen molar-refractivity contribution in [1.29, 1.82) is 0 Å². The van der Waals surface area contributed by atoms with Gasteiger partial charge in [0.05, 0.1) is 5.69 Å². The van der Waals surface area contributed by atoms with Gasteiger partial charge < -0.3 is 19.6 Å². The molecule has 1 aromatic heterocycles. The fourth-order valence-electron chi connectivity index (χ4n) is 2.22. The van der Waals surface area contributed by atoms with E-state index in [-0.39, 0.29) is 28.0 Å². The third kappa shape index (κ3) is 4.11. The van der Waals surface area contributed by atoms with E-state index in [9.17, 15) is 31.9 Å². The van der Waals surface area contributed by atoms with E-state index in [1.54, 1.807) is 0 Å². The molecule has 0 aliphatic rings. The molecule has 2 N–H and O–H groups in total. The number of rotatable bonds is 5. The molecule has 0 radical (unpaired) electrons. The zero-order chi connectivity index (χ0) is 21.3. The highest BCUT2D eigenvalue weighted by Crippen LogP contribution is 2.30. The molecule has 0 fully saturated rings. The van der Waals surface area contributed by atoms with E-state index in [4.69, 9.17) is 16.0 Å². The highest BCUT2D eigenvalue weighted by Gasteiger charge is 2.27. The van der Waals surface area contributed by atoms with Crippen LogP contribution in [0.25, 0.3) is 0 Å². The number of halogens is 6. The lowest BCUT2D eigenvalue weighted by Crippen LogP contribution is -2.11. The second-order valence-corrected chi connectivity index (χ2v) is 6.01. The Hall–Kier alpha value is -3.27. The summed E-state index contributed by atoms with van der Waals surface area (Å²) in [5.41, 5.74) is -0.00175. The van der Waals surface area contributed by atoms with Crippen molar-refractivity contribution in [3.63, 3.8) is 0 Å². The van der Waals surface area contributed by atoms with E-state index in [1.807, 2.05) is 0 Å². The number of ether oxygens (including phenoxy) is 1. The number of nitrogens with one attached hydrogen (secondary N) is 1. The summed E-state index contributed by atoms with van der Waals surface area (Å²) in [6.45, 7) is -0.728. The summed E-state index contributed by atoms with van der Waals surface area (Å²) in [5, 5.41) is 12.2. The van der Waals surface area contributed by atoms with Gasteiger partial charge in [-0.15, -0.1) is 0 Å². The van der Waals surface area contributed by atoms with Gasteiger partial charge in [-0.05, 0) is 30.3 Å². The smallest absolute Gasteiger partial charge is 0.291 e. The van der Waals surface area contributed by atoms with Gasteiger partial charge in [-0.1, -0.05) is 11.6 Å². The third-order valence-corrected chi connectivity index (χ3v) is 3.86. The number of furan rings is 1. The number of carbonyl (C=O) groups is 1. The van der Waals surface area contributed by atoms with Crippen LogP contribution in [-0.2, 0) is 6.61 Å². The van der Waals surface area contributed by atoms with Crippen LogP contribution in [0.1, 0.15) is 16.3 Å². The first-order valence-corrected chi connectivity index (χ1v) is 8.09. The molecule has 3 rings (SSSR count). The average molecular weight is 434 g/mol. The topological polar surface area (TPSA) is 71.7 Å². The Labute approximate surface area is 164 Å². The van der Waals surface area contributed by atoms with Crippen molar-refractivity contribution in [3.05, 3.63) is 76.0 Å². The van der Waals surface area contributed by atoms with Gasteiger partial charge >= 0.3 is 0 Å². The highest BCUT2D eigenvalue weighted by molar-refractivity contribution is 6.31. The van der Waals surface area contributed by atoms with Gasteiger partial charge in [0.1, 0.15) is 18.1 Å². The molecular formula is C18H9ClF5NO4. The van der Waals surface area contributed by atoms with Crippen molar-refractivity contribution in [3.8, 4) is 11.5 Å². The van der Waals surface area contributed by atoms with Crippen LogP contribution in [0.4, 0.5) is 27.6 Å². The first kappa shape index (κ1) is 20.5. The predicted octanol–water partition coefficient (Wildman–Crippen LogP) is 5.17. The van der Waals surface area contributed by atoms with Gasteiger partial charge in [-0.2, -0.15) is 8.78 Å². The molecule has 0 spiro atoms. The Balaban J connectivity index is 1.73. The second kappa shape index (κ2) is 8.00. The number of hydrogen-bond donors (Lipinski definition) is 2. The van der Waals surface area contributed by atoms with Gasteiger partial charge in [0.25, 0.3) is 5.91 Å². The lowest BCUT2D eigenvalue weighted by atomic mass is 10.2. The molecule has 1 heterocycles. The molecule has 29 heavy (non-hydrogen) atoms. The largest absolute Gasteiger partial charge is 0.506 e. The van der Waals surface area contributed by atoms with Crippen molar-refractivity contribution in [2.45, 2.75) is 6.61 Å². The highest BCUT2D eigenvalue weighted by atomic mass is 35.5. The number of phenolic OH excluding ortho intramolecular Hbond substituents is 1. The van der Waals surface area contributed by atoms with Crippen LogP contribution in [0.3, 0.4) is 0 Å². The number of benzene rings is 2. The molecule has 11 heteroatoms. The fraction of sp³-hybridized carbons (Fsp3) is 0.0556. The van der Waals surface area contributed by atoms with Crippen LogP contribution < -0.4 is 10.1 Å². The van der Waals surface area contributed by atoms with Crippen LogP contribution in [-0.4, -0.2) is 11.0 Å². The normalized spacial score (nSPS) is 10.8. The standard InChI is InChI=1S/C18H9ClF5NO4/c19-7-1-3-10(26)9(5-7)25-18(27)11-4-2-8(29-11)6-28-17-15(23)13(21)12(20)14(22)16(17)24/h1-5,26H,6H2,(H,25,27). The summed E-state index contributed by atoms with van der Waals surface area (Å²) in [5.74, 6) is -13.9. The van der Waals surface area contributed by atoms with E-state index in [2.05, 4.69) is 10.1 Å². The minimum atomic E-state index is -2.31. The average Bonchev–Trinajstić information content (AvgIpc) is 3.17. The van der Waals surface area contributed by atoms with Crippen LogP contribution in [0.15, 0.2) is 34.7 Å². The molecule has 152 valence electrons. The summed E-state index contributed by atoms with van der Waals surface area (Å²) in [6.07, 6.45) is 0. The molecule has 0 aliphatic heterocycles. The summed E-state index contributed by atoms with van der Waals surface area (Å²) < 4.78 is 76.2. The summed E-state index contributed by atoms with van der Waals surface area (Å²) in [6, 6.07) is 6.30. The number of carbonyl (C=O) groups excluding carboxylic acids is 1. The van der Waals surface area contributed by atoms with E-state index in [0.717, 1.165) is 0 Å². The maximum absolute atomic E-state index is 13.6. The Morgan fingerprint density at radius 2 is 1.62 bits per heavy atom. The second-order valence-electron chi connectivity index (χ2n) is 5.57. The van der Waals surface area contributed by atoms with Gasteiger partial charge in [-0.25, -0.2) is 13.2 Å². The van der Waals surface area contributed by atoms with Gasteiger partial charge in [0.15, 0.2) is 11.5 Å². The molecule has 2 aromatic carbocycles. The van der Waals surface area contributed by atoms with Gasteiger partial charge in [0.2, 0.25) is 29.1 Å². The molecule has 3 aromatic rings. The number of phenols is 1. The lowest BCUT2D eigenvalue weighted by molar-refractivity contribution is 0.0991. The Kier molecular flexibility index (Phi) is 5.64. The van der Waals surface area contributed by atoms with Crippen molar-refractivity contribution < 1.29 is 41.0 Å². The molecule has 1 amide bonds. The van der Waals surface area contributed by atoms with Crippen molar-refractivity contribution in [1.82, 2.24) is 0 Å². The van der Waals surface area contributed by atoms with Crippen LogP contribution in [0, 0.1) is 29.1 Å². The molecular weight excluding hydrogens is 425 g/mol. The zero-order valence-corrected chi connectivity index (χ0v) is 14.8. The van der Waals surface area contributed by atoms with Crippen molar-refractivity contribution in [2.75, 3.05) is 5.32 Å². The first-order chi connectivity index (χ1) is 13.7. The van der Waals surface area contributed by atoms with Gasteiger partial charge in [-0.3, -0.25) is 4.79 Å². The van der Waals surface area contributed by atoms with E-state index < -0.39 is 47.3 Å². The zero-order valence-electron chi connectivity index (χ0n) is 14.0. The minimum absolute atomic E-state index is 0.00175. The quantitative estimate of drug-likeness (QED) is 0.252. The summed E-state index contributed by atoms with van der Waals surface area (Å²) >= 11 is 5.77. The molecule has 0 atom stereocenters. The van der Waals surface area contributed by atoms with Crippen LogP contribution >= 0.6 is 11.6 Å². The maximum atomic E-state index is 13.6. The van der Waals surface area contributed by atoms with E-state index >= 15 is 0 Å². The summed E-state index contributed by atoms with van der Waals surface area (Å²) in [4.78, 5) is 12.1. The molecule has 5 nitrogen and oxygen atoms in total. The van der Waals surface area contributed by atoms with Crippen molar-refractivity contribution >= 4 is 23.2 Å². The molecule has 0 saturated carbocycles. The maximum Gasteiger partial charge on any atom is 0.291 e. The monoisotopic (exact) mass is 433 g/mol. The fourth-order valence-corrected chi connectivity index (χ4v) is 2.40. The first-order valence-electron chi connectivity index (χ1n) is 7.71. The van der Waals surface area contributed by atoms with E-state index in [1.165, 1.54) is 30.3 Å². The summed E-state index contributed by atoms with van der Waals surface area (Å²) in [7, 11) is 0. The van der Waals surface area contributed by atoms with Crippen LogP contribution in [0.2, 0.25) is 5.02 Å². The van der Waals surface area contributed by atoms with Crippen LogP contribution in [0.5, 0.6) is 11.5 Å². The van der Waals surface area contributed by atoms with E-state index in [0.29, 0.717) is 0 Å². The molecule has 0 unspecified atom stereocenters. The Bertz CT molecular complexity index is 1070. The molecule has 0 saturated heterocycles. The number of amides is 1. The minimum Gasteiger partial charge on any atom is -0.506 e. The predicted molar refractivity (Wildman–Crippen MR) is 90.3 cm³/mol. The number of hydrogen-bond acceptors (Lipinski definition) is 4. The molecule has 0 bridgehead atoms. The van der Waals surface area contributed by atoms with Crippen molar-refractivity contribution in [2.24, 2.45) is 0 Å². The number of anilines is 1. The third-order valence-electron chi connectivity index (χ3n) is 3.62. The number of aromatic hydroxyl groups is 1. The lowest BCUT2D eigenvalue weighted by Gasteiger charge is -2.09. The SMILES string of the molecule is O=C(Nc1cc(Cl)ccc1O)c1ccc(COc2c(F)c(F)c(F)c(F)c2F)o1. The Morgan fingerprint density at radius 3 is 2.28 bits per heavy atom. The van der Waals surface area contributed by atoms with Gasteiger partial charge in [0, 0.05) is 5.02 Å². The molecule has 0 aliphatic carbocycles.